The summed E-state index contributed by atoms with van der Waals surface area (Å²) in [6, 6.07) is 13.2. The van der Waals surface area contributed by atoms with E-state index < -0.39 is 0 Å². The molecular weight excluding hydrogens is 264 g/mol. The Morgan fingerprint density at radius 2 is 1.76 bits per heavy atom. The molecule has 3 aromatic rings. The monoisotopic (exact) mass is 278 g/mol. The maximum absolute atomic E-state index is 11.9. The number of aromatic nitrogens is 3. The highest BCUT2D eigenvalue weighted by Gasteiger charge is 2.04. The molecule has 0 aliphatic heterocycles. The van der Waals surface area contributed by atoms with Gasteiger partial charge in [0.1, 0.15) is 0 Å². The van der Waals surface area contributed by atoms with Gasteiger partial charge in [-0.2, -0.15) is 5.10 Å². The lowest BCUT2D eigenvalue weighted by atomic mass is 10.1. The first-order valence-corrected chi connectivity index (χ1v) is 6.60. The quantitative estimate of drug-likeness (QED) is 0.770. The molecule has 2 heterocycles. The standard InChI is InChI=1S/C16H14N4O/c21-16(11-12-5-8-17-9-6-12)19-14-3-1-13(2-4-14)15-7-10-18-20-15/h1-10H,11H2,(H,18,20)(H,19,21). The second-order valence-corrected chi connectivity index (χ2v) is 4.63. The molecule has 0 bridgehead atoms. The fourth-order valence-corrected chi connectivity index (χ4v) is 2.04. The minimum atomic E-state index is -0.0458. The van der Waals surface area contributed by atoms with Crippen LogP contribution in [0.25, 0.3) is 11.3 Å². The molecule has 5 heteroatoms. The number of amides is 1. The average molecular weight is 278 g/mol. The molecule has 0 saturated heterocycles. The third-order valence-corrected chi connectivity index (χ3v) is 3.09. The topological polar surface area (TPSA) is 70.7 Å². The van der Waals surface area contributed by atoms with Gasteiger partial charge in [-0.05, 0) is 41.5 Å². The second kappa shape index (κ2) is 6.00. The maximum atomic E-state index is 11.9. The zero-order chi connectivity index (χ0) is 14.5. The van der Waals surface area contributed by atoms with Crippen LogP contribution in [-0.2, 0) is 11.2 Å². The molecule has 1 amide bonds. The smallest absolute Gasteiger partial charge is 0.228 e. The van der Waals surface area contributed by atoms with Gasteiger partial charge in [0.2, 0.25) is 5.91 Å². The Morgan fingerprint density at radius 3 is 2.43 bits per heavy atom. The number of pyridine rings is 1. The van der Waals surface area contributed by atoms with Crippen LogP contribution in [0.4, 0.5) is 5.69 Å². The molecule has 21 heavy (non-hydrogen) atoms. The van der Waals surface area contributed by atoms with Crippen molar-refractivity contribution < 1.29 is 4.79 Å². The number of rotatable bonds is 4. The summed E-state index contributed by atoms with van der Waals surface area (Å²) in [6.45, 7) is 0. The van der Waals surface area contributed by atoms with Crippen molar-refractivity contribution >= 4 is 11.6 Å². The van der Waals surface area contributed by atoms with Crippen LogP contribution in [0.15, 0.2) is 61.1 Å². The van der Waals surface area contributed by atoms with Crippen molar-refractivity contribution in [1.29, 1.82) is 0 Å². The number of hydrogen-bond donors (Lipinski definition) is 2. The summed E-state index contributed by atoms with van der Waals surface area (Å²) < 4.78 is 0. The number of nitrogens with zero attached hydrogens (tertiary/aromatic N) is 2. The molecular formula is C16H14N4O. The van der Waals surface area contributed by atoms with Crippen LogP contribution in [0.5, 0.6) is 0 Å². The minimum absolute atomic E-state index is 0.0458. The van der Waals surface area contributed by atoms with E-state index in [1.165, 1.54) is 0 Å². The largest absolute Gasteiger partial charge is 0.326 e. The molecule has 0 aliphatic carbocycles. The Morgan fingerprint density at radius 1 is 1.00 bits per heavy atom. The summed E-state index contributed by atoms with van der Waals surface area (Å²) in [5.74, 6) is -0.0458. The van der Waals surface area contributed by atoms with Gasteiger partial charge in [-0.15, -0.1) is 0 Å². The third-order valence-electron chi connectivity index (χ3n) is 3.09. The van der Waals surface area contributed by atoms with Gasteiger partial charge in [-0.3, -0.25) is 14.9 Å². The molecule has 0 fully saturated rings. The summed E-state index contributed by atoms with van der Waals surface area (Å²) >= 11 is 0. The Balaban J connectivity index is 1.64. The van der Waals surface area contributed by atoms with Crippen molar-refractivity contribution in [3.05, 3.63) is 66.6 Å². The van der Waals surface area contributed by atoms with Crippen LogP contribution >= 0.6 is 0 Å². The molecule has 0 aliphatic rings. The highest BCUT2D eigenvalue weighted by atomic mass is 16.1. The second-order valence-electron chi connectivity index (χ2n) is 4.63. The van der Waals surface area contributed by atoms with Gasteiger partial charge in [0.15, 0.2) is 0 Å². The van der Waals surface area contributed by atoms with Crippen molar-refractivity contribution in [1.82, 2.24) is 15.2 Å². The molecule has 5 nitrogen and oxygen atoms in total. The lowest BCUT2D eigenvalue weighted by Crippen LogP contribution is -2.14. The summed E-state index contributed by atoms with van der Waals surface area (Å²) in [7, 11) is 0. The lowest BCUT2D eigenvalue weighted by Gasteiger charge is -2.06. The van der Waals surface area contributed by atoms with Gasteiger partial charge in [-0.1, -0.05) is 12.1 Å². The number of benzene rings is 1. The summed E-state index contributed by atoms with van der Waals surface area (Å²) in [5, 5.41) is 9.70. The van der Waals surface area contributed by atoms with Crippen molar-refractivity contribution in [2.45, 2.75) is 6.42 Å². The van der Waals surface area contributed by atoms with E-state index in [-0.39, 0.29) is 5.91 Å². The number of aromatic amines is 1. The van der Waals surface area contributed by atoms with Crippen LogP contribution in [-0.4, -0.2) is 21.1 Å². The number of carbonyl (C=O) groups is 1. The molecule has 0 spiro atoms. The van der Waals surface area contributed by atoms with Gasteiger partial charge in [0.25, 0.3) is 0 Å². The minimum Gasteiger partial charge on any atom is -0.326 e. The SMILES string of the molecule is O=C(Cc1ccncc1)Nc1ccc(-c2ccn[nH]2)cc1. The lowest BCUT2D eigenvalue weighted by molar-refractivity contribution is -0.115. The van der Waals surface area contributed by atoms with Gasteiger partial charge >= 0.3 is 0 Å². The predicted octanol–water partition coefficient (Wildman–Crippen LogP) is 2.65. The van der Waals surface area contributed by atoms with Crippen LogP contribution in [0, 0.1) is 0 Å². The van der Waals surface area contributed by atoms with E-state index in [1.54, 1.807) is 18.6 Å². The van der Waals surface area contributed by atoms with E-state index in [4.69, 9.17) is 0 Å². The fourth-order valence-electron chi connectivity index (χ4n) is 2.04. The third kappa shape index (κ3) is 3.33. The molecule has 2 N–H and O–H groups in total. The summed E-state index contributed by atoms with van der Waals surface area (Å²) in [4.78, 5) is 15.9. The molecule has 104 valence electrons. The Kier molecular flexibility index (Phi) is 3.73. The number of carbonyl (C=O) groups excluding carboxylic acids is 1. The molecule has 0 radical (unpaired) electrons. The molecule has 0 atom stereocenters. The van der Waals surface area contributed by atoms with E-state index in [1.807, 2.05) is 42.5 Å². The summed E-state index contributed by atoms with van der Waals surface area (Å²) in [5.41, 5.74) is 3.69. The van der Waals surface area contributed by atoms with E-state index >= 15 is 0 Å². The van der Waals surface area contributed by atoms with E-state index in [0.717, 1.165) is 22.5 Å². The van der Waals surface area contributed by atoms with Crippen LogP contribution < -0.4 is 5.32 Å². The van der Waals surface area contributed by atoms with Gasteiger partial charge in [0, 0.05) is 24.3 Å². The van der Waals surface area contributed by atoms with Crippen molar-refractivity contribution in [2.75, 3.05) is 5.32 Å². The normalized spacial score (nSPS) is 10.3. The highest BCUT2D eigenvalue weighted by Crippen LogP contribution is 2.18. The van der Waals surface area contributed by atoms with Crippen molar-refractivity contribution in [2.24, 2.45) is 0 Å². The molecule has 0 unspecified atom stereocenters. The first-order valence-electron chi connectivity index (χ1n) is 6.60. The van der Waals surface area contributed by atoms with Gasteiger partial charge in [-0.25, -0.2) is 0 Å². The summed E-state index contributed by atoms with van der Waals surface area (Å²) in [6.07, 6.45) is 5.41. The van der Waals surface area contributed by atoms with Crippen LogP contribution in [0.3, 0.4) is 0 Å². The first-order chi connectivity index (χ1) is 10.3. The Bertz CT molecular complexity index is 706. The maximum Gasteiger partial charge on any atom is 0.228 e. The number of anilines is 1. The molecule has 0 saturated carbocycles. The van der Waals surface area contributed by atoms with Crippen LogP contribution in [0.1, 0.15) is 5.56 Å². The van der Waals surface area contributed by atoms with E-state index in [2.05, 4.69) is 20.5 Å². The Labute approximate surface area is 122 Å². The zero-order valence-electron chi connectivity index (χ0n) is 11.3. The fraction of sp³-hybridized carbons (Fsp3) is 0.0625. The number of nitrogens with one attached hydrogen (secondary N) is 2. The van der Waals surface area contributed by atoms with Crippen molar-refractivity contribution in [3.8, 4) is 11.3 Å². The number of H-pyrrole nitrogens is 1. The van der Waals surface area contributed by atoms with Crippen LogP contribution in [0.2, 0.25) is 0 Å². The average Bonchev–Trinajstić information content (AvgIpc) is 3.03. The predicted molar refractivity (Wildman–Crippen MR) is 80.6 cm³/mol. The van der Waals surface area contributed by atoms with Crippen molar-refractivity contribution in [3.63, 3.8) is 0 Å². The zero-order valence-corrected chi connectivity index (χ0v) is 11.3. The molecule has 3 rings (SSSR count). The molecule has 2 aromatic heterocycles. The van der Waals surface area contributed by atoms with E-state index in [9.17, 15) is 4.79 Å². The molecule has 1 aromatic carbocycles. The Hall–Kier alpha value is -2.95. The number of hydrogen-bond acceptors (Lipinski definition) is 3. The van der Waals surface area contributed by atoms with Gasteiger partial charge in [0.05, 0.1) is 12.1 Å². The highest BCUT2D eigenvalue weighted by molar-refractivity contribution is 5.92. The van der Waals surface area contributed by atoms with Gasteiger partial charge < -0.3 is 5.32 Å². The first kappa shape index (κ1) is 13.1. The van der Waals surface area contributed by atoms with E-state index in [0.29, 0.717) is 6.42 Å².